The molecule has 1 aliphatic rings. The molecule has 0 saturated carbocycles. The number of aromatic amines is 1. The average Bonchev–Trinajstić information content (AvgIpc) is 3.67. The van der Waals surface area contributed by atoms with Crippen molar-refractivity contribution in [3.8, 4) is 0 Å². The van der Waals surface area contributed by atoms with Crippen molar-refractivity contribution in [2.75, 3.05) is 30.0 Å². The number of halogens is 3. The number of nitrogens with zero attached hydrogens (tertiary/aromatic N) is 6. The van der Waals surface area contributed by atoms with E-state index in [1.165, 1.54) is 42.2 Å². The standard InChI is InChI=1S/C16H17N3O5S.C8H14ClN5.C6H3Cl2NO2/c1-9-10(15(20)11-8-17-19(2)16(11)21)4-5-13(25(3,22)23)14(9)12-6-7-24-18-12;1-4-10-7-12-6(9)13-8(14-7)11-5(2)3;7-3-1-2-4(8)9-5(3)6(10)11/h4-5,8,17H,6-7H2,1-3H3;5H,4H2,1-3H3,(H2,10,11,12,13,14);1-2H,(H,10,11). The molecule has 0 fully saturated rings. The van der Waals surface area contributed by atoms with Gasteiger partial charge in [-0.05, 0) is 69.1 Å². The summed E-state index contributed by atoms with van der Waals surface area (Å²) in [6, 6.07) is 5.89. The zero-order valence-corrected chi connectivity index (χ0v) is 30.8. The number of H-pyrrole nitrogens is 1. The molecule has 3 aromatic heterocycles. The molecule has 5 rings (SSSR count). The van der Waals surface area contributed by atoms with Crippen molar-refractivity contribution in [3.05, 3.63) is 84.2 Å². The fourth-order valence-corrected chi connectivity index (χ4v) is 5.78. The summed E-state index contributed by atoms with van der Waals surface area (Å²) < 4.78 is 25.5. The Bertz CT molecular complexity index is 2080. The minimum absolute atomic E-state index is 0.00623. The Hall–Kier alpha value is -4.58. The number of hydrogen-bond acceptors (Lipinski definition) is 13. The number of sulfone groups is 1. The van der Waals surface area contributed by atoms with Crippen molar-refractivity contribution in [3.63, 3.8) is 0 Å². The van der Waals surface area contributed by atoms with Gasteiger partial charge in [0.1, 0.15) is 17.3 Å². The van der Waals surface area contributed by atoms with Crippen LogP contribution in [0.2, 0.25) is 15.5 Å². The summed E-state index contributed by atoms with van der Waals surface area (Å²) >= 11 is 16.6. The summed E-state index contributed by atoms with van der Waals surface area (Å²) in [6.07, 6.45) is 2.89. The molecule has 1 aromatic carbocycles. The minimum atomic E-state index is -3.52. The highest BCUT2D eigenvalue weighted by atomic mass is 35.5. The van der Waals surface area contributed by atoms with Crippen LogP contribution in [0, 0.1) is 6.92 Å². The van der Waals surface area contributed by atoms with Gasteiger partial charge in [0.15, 0.2) is 21.3 Å². The quantitative estimate of drug-likeness (QED) is 0.135. The molecule has 50 heavy (non-hydrogen) atoms. The van der Waals surface area contributed by atoms with E-state index in [4.69, 9.17) is 44.7 Å². The number of benzene rings is 1. The topological polar surface area (TPSA) is 224 Å². The highest BCUT2D eigenvalue weighted by molar-refractivity contribution is 7.90. The number of oxime groups is 1. The maximum Gasteiger partial charge on any atom is 0.356 e. The first-order valence-corrected chi connectivity index (χ1v) is 17.8. The number of nitrogens with one attached hydrogen (secondary N) is 3. The number of aromatic nitrogens is 6. The van der Waals surface area contributed by atoms with E-state index >= 15 is 0 Å². The van der Waals surface area contributed by atoms with Crippen LogP contribution in [0.3, 0.4) is 0 Å². The van der Waals surface area contributed by atoms with E-state index in [2.05, 4.69) is 40.8 Å². The maximum absolute atomic E-state index is 12.8. The lowest BCUT2D eigenvalue weighted by molar-refractivity contribution is 0.0690. The zero-order chi connectivity index (χ0) is 37.3. The second-order valence-electron chi connectivity index (χ2n) is 10.7. The number of carbonyl (C=O) groups is 2. The molecule has 16 nitrogen and oxygen atoms in total. The van der Waals surface area contributed by atoms with E-state index < -0.39 is 27.1 Å². The van der Waals surface area contributed by atoms with Gasteiger partial charge >= 0.3 is 5.97 Å². The van der Waals surface area contributed by atoms with Gasteiger partial charge in [-0.1, -0.05) is 28.4 Å². The lowest BCUT2D eigenvalue weighted by atomic mass is 9.93. The number of carbonyl (C=O) groups excluding carboxylic acids is 1. The van der Waals surface area contributed by atoms with Crippen LogP contribution >= 0.6 is 34.8 Å². The van der Waals surface area contributed by atoms with Crippen LogP contribution in [0.4, 0.5) is 11.9 Å². The van der Waals surface area contributed by atoms with E-state index in [0.717, 1.165) is 12.8 Å². The summed E-state index contributed by atoms with van der Waals surface area (Å²) in [6.45, 7) is 8.73. The molecule has 0 saturated heterocycles. The normalized spacial score (nSPS) is 12.2. The summed E-state index contributed by atoms with van der Waals surface area (Å²) in [5.74, 6) is -0.663. The summed E-state index contributed by atoms with van der Waals surface area (Å²) in [7, 11) is -2.02. The SMILES string of the molecule is CCNc1nc(Cl)nc(NC(C)C)n1.Cc1c(C(=O)c2c[nH]n(C)c2=O)ccc(S(C)(=O)=O)c1C1=NOCC1.O=C(O)c1nc(Cl)ccc1Cl. The van der Waals surface area contributed by atoms with Gasteiger partial charge in [0.2, 0.25) is 17.2 Å². The summed E-state index contributed by atoms with van der Waals surface area (Å²) in [5.41, 5.74) is 0.897. The first-order chi connectivity index (χ1) is 23.4. The molecule has 0 unspecified atom stereocenters. The largest absolute Gasteiger partial charge is 0.476 e. The Balaban J connectivity index is 0.000000228. The molecule has 4 N–H and O–H groups in total. The predicted octanol–water partition coefficient (Wildman–Crippen LogP) is 4.64. The van der Waals surface area contributed by atoms with Gasteiger partial charge in [0.05, 0.1) is 15.6 Å². The lowest BCUT2D eigenvalue weighted by Gasteiger charge is -2.13. The number of carboxylic acids is 1. The summed E-state index contributed by atoms with van der Waals surface area (Å²) in [4.78, 5) is 55.8. The monoisotopic (exact) mass is 769 g/mol. The zero-order valence-electron chi connectivity index (χ0n) is 27.7. The van der Waals surface area contributed by atoms with Crippen molar-refractivity contribution in [1.29, 1.82) is 0 Å². The van der Waals surface area contributed by atoms with Crippen LogP contribution in [-0.4, -0.2) is 86.2 Å². The maximum atomic E-state index is 12.8. The van der Waals surface area contributed by atoms with E-state index in [0.29, 0.717) is 41.8 Å². The van der Waals surface area contributed by atoms with E-state index in [-0.39, 0.29) is 43.2 Å². The molecule has 268 valence electrons. The van der Waals surface area contributed by atoms with Crippen molar-refractivity contribution in [1.82, 2.24) is 29.7 Å². The molecular formula is C30H34Cl3N9O7S. The van der Waals surface area contributed by atoms with Crippen molar-refractivity contribution in [2.45, 2.75) is 45.1 Å². The molecule has 4 aromatic rings. The van der Waals surface area contributed by atoms with Gasteiger partial charge in [-0.3, -0.25) is 14.3 Å². The first-order valence-electron chi connectivity index (χ1n) is 14.7. The third-order valence-electron chi connectivity index (χ3n) is 6.52. The van der Waals surface area contributed by atoms with E-state index in [1.807, 2.05) is 20.8 Å². The predicted molar refractivity (Wildman–Crippen MR) is 190 cm³/mol. The number of pyridine rings is 1. The molecule has 0 spiro atoms. The molecule has 1 aliphatic heterocycles. The number of aryl methyl sites for hydroxylation is 1. The number of anilines is 2. The smallest absolute Gasteiger partial charge is 0.356 e. The average molecular weight is 771 g/mol. The summed E-state index contributed by atoms with van der Waals surface area (Å²) in [5, 5.41) is 21.5. The van der Waals surface area contributed by atoms with Gasteiger partial charge in [-0.25, -0.2) is 18.2 Å². The van der Waals surface area contributed by atoms with Crippen LogP contribution < -0.4 is 16.2 Å². The Labute approximate surface area is 302 Å². The van der Waals surface area contributed by atoms with Gasteiger partial charge in [0.25, 0.3) is 5.56 Å². The Morgan fingerprint density at radius 1 is 1.06 bits per heavy atom. The van der Waals surface area contributed by atoms with Crippen LogP contribution in [0.1, 0.15) is 64.7 Å². The van der Waals surface area contributed by atoms with Crippen LogP contribution in [0.25, 0.3) is 0 Å². The molecule has 4 heterocycles. The minimum Gasteiger partial charge on any atom is -0.476 e. The van der Waals surface area contributed by atoms with Crippen molar-refractivity contribution >= 4 is 74.0 Å². The van der Waals surface area contributed by atoms with E-state index in [9.17, 15) is 22.8 Å². The van der Waals surface area contributed by atoms with Crippen LogP contribution in [-0.2, 0) is 21.7 Å². The van der Waals surface area contributed by atoms with Gasteiger partial charge in [-0.15, -0.1) is 0 Å². The molecule has 0 atom stereocenters. The number of carboxylic acid groups (broad SMARTS) is 1. The Kier molecular flexibility index (Phi) is 13.9. The second-order valence-corrected chi connectivity index (χ2v) is 13.9. The van der Waals surface area contributed by atoms with Crippen molar-refractivity contribution in [2.24, 2.45) is 12.2 Å². The molecular weight excluding hydrogens is 737 g/mol. The third kappa shape index (κ3) is 10.5. The Morgan fingerprint density at radius 3 is 2.26 bits per heavy atom. The number of aromatic carboxylic acids is 1. The van der Waals surface area contributed by atoms with Crippen molar-refractivity contribution < 1.29 is 28.0 Å². The van der Waals surface area contributed by atoms with E-state index in [1.54, 1.807) is 6.92 Å². The number of ketones is 1. The van der Waals surface area contributed by atoms with Gasteiger partial charge < -0.3 is 25.7 Å². The second kappa shape index (κ2) is 17.4. The molecule has 20 heteroatoms. The van der Waals surface area contributed by atoms with Gasteiger partial charge in [0, 0.05) is 49.6 Å². The third-order valence-corrected chi connectivity index (χ3v) is 8.35. The number of hydrogen-bond donors (Lipinski definition) is 4. The number of rotatable bonds is 9. The molecule has 0 aliphatic carbocycles. The Morgan fingerprint density at radius 2 is 1.74 bits per heavy atom. The van der Waals surface area contributed by atoms with Gasteiger partial charge in [-0.2, -0.15) is 15.0 Å². The fraction of sp³-hybridized carbons (Fsp3) is 0.333. The lowest BCUT2D eigenvalue weighted by Crippen LogP contribution is -2.21. The highest BCUT2D eigenvalue weighted by Crippen LogP contribution is 2.27. The molecule has 0 radical (unpaired) electrons. The molecule has 0 amide bonds. The first kappa shape index (κ1) is 39.9. The highest BCUT2D eigenvalue weighted by Gasteiger charge is 2.27. The fourth-order valence-electron chi connectivity index (χ4n) is 4.33. The van der Waals surface area contributed by atoms with Crippen LogP contribution in [0.15, 0.2) is 45.3 Å². The molecule has 0 bridgehead atoms. The van der Waals surface area contributed by atoms with Crippen LogP contribution in [0.5, 0.6) is 0 Å².